The van der Waals surface area contributed by atoms with Gasteiger partial charge >= 0.3 is 0 Å². The molecule has 0 bridgehead atoms. The van der Waals surface area contributed by atoms with Crippen molar-refractivity contribution in [3.8, 4) is 0 Å². The molecule has 0 fully saturated rings. The number of hydrogen-bond donors (Lipinski definition) is 1. The third-order valence-electron chi connectivity index (χ3n) is 1.70. The molecule has 0 radical (unpaired) electrons. The Morgan fingerprint density at radius 2 is 1.50 bits per heavy atom. The van der Waals surface area contributed by atoms with E-state index >= 15 is 0 Å². The summed E-state index contributed by atoms with van der Waals surface area (Å²) < 4.78 is 26.1. The van der Waals surface area contributed by atoms with E-state index in [2.05, 4.69) is 0 Å². The van der Waals surface area contributed by atoms with E-state index < -0.39 is 28.9 Å². The van der Waals surface area contributed by atoms with Crippen molar-refractivity contribution in [2.24, 2.45) is 5.73 Å². The number of amides is 1. The molecule has 0 aliphatic rings. The van der Waals surface area contributed by atoms with Gasteiger partial charge in [0, 0.05) is 5.56 Å². The van der Waals surface area contributed by atoms with Gasteiger partial charge in [0.2, 0.25) is 0 Å². The highest BCUT2D eigenvalue weighted by Crippen LogP contribution is 2.15. The van der Waals surface area contributed by atoms with Crippen molar-refractivity contribution < 1.29 is 18.4 Å². The summed E-state index contributed by atoms with van der Waals surface area (Å²) in [4.78, 5) is 21.4. The van der Waals surface area contributed by atoms with Crippen molar-refractivity contribution in [2.75, 3.05) is 0 Å². The summed E-state index contributed by atoms with van der Waals surface area (Å²) >= 11 is 0. The molecular formula is C11H13F2NO2. The Kier molecular flexibility index (Phi) is 5.29. The average molecular weight is 229 g/mol. The van der Waals surface area contributed by atoms with E-state index in [1.165, 1.54) is 0 Å². The number of Topliss-reactive ketones (excluding diaryl/α,β-unsaturated/α-hetero) is 1. The van der Waals surface area contributed by atoms with Gasteiger partial charge < -0.3 is 5.73 Å². The fourth-order valence-electron chi connectivity index (χ4n) is 1.01. The van der Waals surface area contributed by atoms with E-state index in [0.717, 1.165) is 19.1 Å². The minimum Gasteiger partial charge on any atom is -0.365 e. The van der Waals surface area contributed by atoms with Crippen LogP contribution in [-0.4, -0.2) is 11.7 Å². The molecule has 1 rings (SSSR count). The van der Waals surface area contributed by atoms with E-state index in [0.29, 0.717) is 0 Å². The van der Waals surface area contributed by atoms with Crippen LogP contribution >= 0.6 is 0 Å². The Morgan fingerprint density at radius 3 is 1.75 bits per heavy atom. The van der Waals surface area contributed by atoms with E-state index in [4.69, 9.17) is 5.73 Å². The van der Waals surface area contributed by atoms with Crippen LogP contribution in [-0.2, 0) is 0 Å². The molecule has 0 heterocycles. The fraction of sp³-hybridized carbons (Fsp3) is 0.273. The van der Waals surface area contributed by atoms with Crippen molar-refractivity contribution in [1.29, 1.82) is 0 Å². The minimum absolute atomic E-state index is 0.134. The lowest BCUT2D eigenvalue weighted by Crippen LogP contribution is -2.16. The first-order valence-electron chi connectivity index (χ1n) is 4.73. The molecule has 0 aliphatic heterocycles. The molecule has 0 unspecified atom stereocenters. The van der Waals surface area contributed by atoms with Crippen LogP contribution in [0.3, 0.4) is 0 Å². The van der Waals surface area contributed by atoms with E-state index in [1.807, 2.05) is 13.8 Å². The molecule has 0 aliphatic carbocycles. The van der Waals surface area contributed by atoms with Gasteiger partial charge in [-0.25, -0.2) is 8.78 Å². The van der Waals surface area contributed by atoms with Crippen molar-refractivity contribution in [3.63, 3.8) is 0 Å². The minimum atomic E-state index is -1.20. The Balaban J connectivity index is 0.00000106. The molecule has 0 aromatic heterocycles. The molecule has 0 saturated heterocycles. The zero-order chi connectivity index (χ0) is 12.9. The van der Waals surface area contributed by atoms with E-state index in [-0.39, 0.29) is 5.56 Å². The topological polar surface area (TPSA) is 60.2 Å². The van der Waals surface area contributed by atoms with Crippen molar-refractivity contribution in [2.45, 2.75) is 20.8 Å². The molecule has 0 saturated carbocycles. The first-order valence-corrected chi connectivity index (χ1v) is 4.73. The molecule has 88 valence electrons. The maximum Gasteiger partial charge on any atom is 0.254 e. The number of carbonyl (C=O) groups is 2. The Morgan fingerprint density at radius 1 is 1.12 bits per heavy atom. The quantitative estimate of drug-likeness (QED) is 0.791. The zero-order valence-corrected chi connectivity index (χ0v) is 9.30. The largest absolute Gasteiger partial charge is 0.365 e. The Bertz CT molecular complexity index is 393. The molecule has 16 heavy (non-hydrogen) atoms. The lowest BCUT2D eigenvalue weighted by Gasteiger charge is -2.02. The average Bonchev–Trinajstić information content (AvgIpc) is 2.18. The maximum atomic E-state index is 13.0. The van der Waals surface area contributed by atoms with Gasteiger partial charge in [0.15, 0.2) is 5.78 Å². The number of rotatable bonds is 2. The van der Waals surface area contributed by atoms with Crippen molar-refractivity contribution in [3.05, 3.63) is 34.9 Å². The highest BCUT2D eigenvalue weighted by atomic mass is 19.1. The predicted octanol–water partition coefficient (Wildman–Crippen LogP) is 2.29. The summed E-state index contributed by atoms with van der Waals surface area (Å²) in [5, 5.41) is 0. The zero-order valence-electron chi connectivity index (χ0n) is 9.30. The highest BCUT2D eigenvalue weighted by molar-refractivity contribution is 5.97. The van der Waals surface area contributed by atoms with Crippen LogP contribution in [0, 0.1) is 11.6 Å². The number of carbonyl (C=O) groups excluding carboxylic acids is 2. The lowest BCUT2D eigenvalue weighted by molar-refractivity contribution is 0.0984. The predicted molar refractivity (Wildman–Crippen MR) is 56.2 cm³/mol. The standard InChI is InChI=1S/C9H7F2NO2.C2H6/c1-4(13)5-2-6(10)8(9(12)14)7(11)3-5;1-2/h2-3H,1H3,(H2,12,14);1-2H3. The maximum absolute atomic E-state index is 13.0. The monoisotopic (exact) mass is 229 g/mol. The van der Waals surface area contributed by atoms with Crippen LogP contribution in [0.4, 0.5) is 8.78 Å². The third-order valence-corrected chi connectivity index (χ3v) is 1.70. The number of nitrogens with two attached hydrogens (primary N) is 1. The molecular weight excluding hydrogens is 216 g/mol. The molecule has 1 amide bonds. The molecule has 0 atom stereocenters. The van der Waals surface area contributed by atoms with Crippen LogP contribution in [0.25, 0.3) is 0 Å². The van der Waals surface area contributed by atoms with Gasteiger partial charge in [0.25, 0.3) is 5.91 Å². The Labute approximate surface area is 92.3 Å². The number of benzene rings is 1. The molecule has 5 heteroatoms. The van der Waals surface area contributed by atoms with Crippen LogP contribution in [0.15, 0.2) is 12.1 Å². The smallest absolute Gasteiger partial charge is 0.254 e. The number of halogens is 2. The van der Waals surface area contributed by atoms with Gasteiger partial charge in [-0.1, -0.05) is 13.8 Å². The lowest BCUT2D eigenvalue weighted by atomic mass is 10.1. The molecule has 2 N–H and O–H groups in total. The summed E-state index contributed by atoms with van der Waals surface area (Å²) in [6.07, 6.45) is 0. The van der Waals surface area contributed by atoms with Crippen LogP contribution in [0.2, 0.25) is 0 Å². The van der Waals surface area contributed by atoms with E-state index in [1.54, 1.807) is 0 Å². The van der Waals surface area contributed by atoms with Gasteiger partial charge in [-0.15, -0.1) is 0 Å². The fourth-order valence-corrected chi connectivity index (χ4v) is 1.01. The number of hydrogen-bond acceptors (Lipinski definition) is 2. The summed E-state index contributed by atoms with van der Waals surface area (Å²) in [6, 6.07) is 1.57. The van der Waals surface area contributed by atoms with Crippen molar-refractivity contribution >= 4 is 11.7 Å². The summed E-state index contributed by atoms with van der Waals surface area (Å²) in [6.45, 7) is 5.16. The summed E-state index contributed by atoms with van der Waals surface area (Å²) in [5.74, 6) is -3.93. The van der Waals surface area contributed by atoms with Gasteiger partial charge in [0.1, 0.15) is 17.2 Å². The Hall–Kier alpha value is -1.78. The molecule has 3 nitrogen and oxygen atoms in total. The number of ketones is 1. The van der Waals surface area contributed by atoms with Gasteiger partial charge in [-0.2, -0.15) is 0 Å². The van der Waals surface area contributed by atoms with E-state index in [9.17, 15) is 18.4 Å². The first-order chi connectivity index (χ1) is 7.43. The molecule has 1 aromatic carbocycles. The first kappa shape index (κ1) is 14.2. The van der Waals surface area contributed by atoms with Crippen LogP contribution < -0.4 is 5.73 Å². The second kappa shape index (κ2) is 5.95. The van der Waals surface area contributed by atoms with Gasteiger partial charge in [-0.3, -0.25) is 9.59 Å². The number of primary amides is 1. The van der Waals surface area contributed by atoms with Crippen LogP contribution in [0.1, 0.15) is 41.5 Å². The molecule has 1 aromatic rings. The van der Waals surface area contributed by atoms with Crippen LogP contribution in [0.5, 0.6) is 0 Å². The summed E-state index contributed by atoms with van der Waals surface area (Å²) in [7, 11) is 0. The van der Waals surface area contributed by atoms with Gasteiger partial charge in [0.05, 0.1) is 0 Å². The highest BCUT2D eigenvalue weighted by Gasteiger charge is 2.17. The normalized spacial score (nSPS) is 9.06. The third kappa shape index (κ3) is 3.12. The second-order valence-corrected chi connectivity index (χ2v) is 2.74. The molecule has 0 spiro atoms. The van der Waals surface area contributed by atoms with Crippen molar-refractivity contribution in [1.82, 2.24) is 0 Å². The second-order valence-electron chi connectivity index (χ2n) is 2.74. The van der Waals surface area contributed by atoms with Gasteiger partial charge in [-0.05, 0) is 19.1 Å². The SMILES string of the molecule is CC.CC(=O)c1cc(F)c(C(N)=O)c(F)c1. The summed E-state index contributed by atoms with van der Waals surface area (Å²) in [5.41, 5.74) is 3.78.